The number of benzene rings is 2. The zero-order chi connectivity index (χ0) is 18.4. The Morgan fingerprint density at radius 1 is 1.08 bits per heavy atom. The van der Waals surface area contributed by atoms with Crippen molar-refractivity contribution < 1.29 is 4.79 Å². The van der Waals surface area contributed by atoms with E-state index in [1.165, 1.54) is 12.1 Å². The molecule has 0 fully saturated rings. The molecule has 0 bridgehead atoms. The first-order valence-electron chi connectivity index (χ1n) is 6.80. The monoisotopic (exact) mass is 414 g/mol. The number of carbonyl (C=O) groups is 1. The molecule has 2 N–H and O–H groups in total. The summed E-state index contributed by atoms with van der Waals surface area (Å²) < 4.78 is 0. The average molecular weight is 416 g/mol. The zero-order valence-corrected chi connectivity index (χ0v) is 15.5. The second-order valence-electron chi connectivity index (χ2n) is 4.74. The minimum atomic E-state index is -1.13. The van der Waals surface area contributed by atoms with E-state index in [4.69, 9.17) is 51.7 Å². The number of halogens is 4. The molecule has 0 radical (unpaired) electrons. The molecule has 2 rings (SSSR count). The van der Waals surface area contributed by atoms with Crippen LogP contribution in [0.4, 0.5) is 11.4 Å². The van der Waals surface area contributed by atoms with Gasteiger partial charge in [0.25, 0.3) is 0 Å². The molecule has 1 atom stereocenters. The summed E-state index contributed by atoms with van der Waals surface area (Å²) >= 11 is 23.5. The molecule has 0 heterocycles. The molecule has 0 aliphatic rings. The number of hydrazone groups is 1. The molecule has 0 saturated heterocycles. The number of hydrogen-bond acceptors (Lipinski definition) is 4. The Bertz CT molecular complexity index is 864. The van der Waals surface area contributed by atoms with E-state index < -0.39 is 11.8 Å². The van der Waals surface area contributed by atoms with Gasteiger partial charge in [0.1, 0.15) is 0 Å². The number of anilines is 2. The number of rotatable bonds is 5. The van der Waals surface area contributed by atoms with Crippen molar-refractivity contribution >= 4 is 69.9 Å². The minimum absolute atomic E-state index is 0.291. The molecule has 0 aliphatic heterocycles. The van der Waals surface area contributed by atoms with Crippen LogP contribution >= 0.6 is 46.4 Å². The SMILES string of the molecule is N#C[C@H](/C=N\Nc1cc(Cl)ccc1Cl)C(=O)Nc1ccc(Cl)c(Cl)c1. The van der Waals surface area contributed by atoms with Crippen LogP contribution in [0.2, 0.25) is 20.1 Å². The lowest BCUT2D eigenvalue weighted by Gasteiger charge is -2.08. The van der Waals surface area contributed by atoms with Crippen molar-refractivity contribution in [1.29, 1.82) is 5.26 Å². The van der Waals surface area contributed by atoms with E-state index in [1.807, 2.05) is 6.07 Å². The Balaban J connectivity index is 2.03. The largest absolute Gasteiger partial charge is 0.325 e. The molecule has 0 unspecified atom stereocenters. The molecule has 25 heavy (non-hydrogen) atoms. The first-order chi connectivity index (χ1) is 11.9. The molecular formula is C16H10Cl4N4O. The molecule has 2 aromatic rings. The van der Waals surface area contributed by atoms with Gasteiger partial charge in [-0.05, 0) is 36.4 Å². The number of carbonyl (C=O) groups excluding carboxylic acids is 1. The highest BCUT2D eigenvalue weighted by atomic mass is 35.5. The molecule has 0 saturated carbocycles. The van der Waals surface area contributed by atoms with Crippen molar-refractivity contribution in [2.24, 2.45) is 11.0 Å². The van der Waals surface area contributed by atoms with Gasteiger partial charge in [-0.15, -0.1) is 0 Å². The summed E-state index contributed by atoms with van der Waals surface area (Å²) in [5.41, 5.74) is 3.50. The summed E-state index contributed by atoms with van der Waals surface area (Å²) in [6.45, 7) is 0. The second kappa shape index (κ2) is 8.93. The molecule has 5 nitrogen and oxygen atoms in total. The lowest BCUT2D eigenvalue weighted by atomic mass is 10.1. The number of amides is 1. The summed E-state index contributed by atoms with van der Waals surface area (Å²) in [6, 6.07) is 11.2. The van der Waals surface area contributed by atoms with Gasteiger partial charge in [-0.3, -0.25) is 10.2 Å². The minimum Gasteiger partial charge on any atom is -0.325 e. The van der Waals surface area contributed by atoms with Crippen LogP contribution in [0.3, 0.4) is 0 Å². The maximum Gasteiger partial charge on any atom is 0.247 e. The fourth-order valence-electron chi connectivity index (χ4n) is 1.72. The number of hydrogen-bond donors (Lipinski definition) is 2. The van der Waals surface area contributed by atoms with Gasteiger partial charge in [-0.2, -0.15) is 10.4 Å². The van der Waals surface area contributed by atoms with Gasteiger partial charge >= 0.3 is 0 Å². The normalized spacial score (nSPS) is 11.8. The Morgan fingerprint density at radius 2 is 1.80 bits per heavy atom. The molecular weight excluding hydrogens is 406 g/mol. The average Bonchev–Trinajstić information content (AvgIpc) is 2.58. The molecule has 0 aliphatic carbocycles. The highest BCUT2D eigenvalue weighted by molar-refractivity contribution is 6.42. The van der Waals surface area contributed by atoms with E-state index >= 15 is 0 Å². The third kappa shape index (κ3) is 5.52. The Morgan fingerprint density at radius 3 is 2.48 bits per heavy atom. The van der Waals surface area contributed by atoms with Crippen molar-refractivity contribution in [2.45, 2.75) is 0 Å². The van der Waals surface area contributed by atoms with Gasteiger partial charge in [0.2, 0.25) is 5.91 Å². The van der Waals surface area contributed by atoms with Crippen molar-refractivity contribution in [2.75, 3.05) is 10.7 Å². The predicted molar refractivity (Wildman–Crippen MR) is 103 cm³/mol. The maximum absolute atomic E-state index is 12.1. The fourth-order valence-corrected chi connectivity index (χ4v) is 2.35. The number of nitriles is 1. The van der Waals surface area contributed by atoms with E-state index in [0.717, 1.165) is 6.21 Å². The second-order valence-corrected chi connectivity index (χ2v) is 6.40. The third-order valence-corrected chi connectivity index (χ3v) is 4.25. The fraction of sp³-hybridized carbons (Fsp3) is 0.0625. The van der Waals surface area contributed by atoms with Gasteiger partial charge in [0, 0.05) is 10.7 Å². The molecule has 128 valence electrons. The van der Waals surface area contributed by atoms with E-state index in [9.17, 15) is 4.79 Å². The van der Waals surface area contributed by atoms with Crippen LogP contribution in [0, 0.1) is 17.2 Å². The number of nitrogens with zero attached hydrogens (tertiary/aromatic N) is 2. The Kier molecular flexibility index (Phi) is 6.91. The predicted octanol–water partition coefficient (Wildman–Crippen LogP) is 5.48. The third-order valence-electron chi connectivity index (χ3n) is 2.95. The van der Waals surface area contributed by atoms with E-state index in [0.29, 0.717) is 31.5 Å². The van der Waals surface area contributed by atoms with Crippen LogP contribution in [0.25, 0.3) is 0 Å². The van der Waals surface area contributed by atoms with E-state index in [1.54, 1.807) is 24.3 Å². The van der Waals surface area contributed by atoms with Crippen molar-refractivity contribution in [3.05, 3.63) is 56.5 Å². The lowest BCUT2D eigenvalue weighted by Crippen LogP contribution is -2.23. The van der Waals surface area contributed by atoms with Gasteiger partial charge in [0.15, 0.2) is 5.92 Å². The Hall–Kier alpha value is -1.97. The number of nitrogens with one attached hydrogen (secondary N) is 2. The topological polar surface area (TPSA) is 77.3 Å². The van der Waals surface area contributed by atoms with E-state index in [2.05, 4.69) is 15.8 Å². The van der Waals surface area contributed by atoms with Crippen LogP contribution < -0.4 is 10.7 Å². The molecule has 1 amide bonds. The molecule has 0 aromatic heterocycles. The molecule has 2 aromatic carbocycles. The quantitative estimate of drug-likeness (QED) is 0.501. The van der Waals surface area contributed by atoms with Gasteiger partial charge < -0.3 is 5.32 Å². The molecule has 9 heteroatoms. The van der Waals surface area contributed by atoms with Crippen molar-refractivity contribution in [1.82, 2.24) is 0 Å². The smallest absolute Gasteiger partial charge is 0.247 e. The van der Waals surface area contributed by atoms with Crippen LogP contribution in [0.5, 0.6) is 0 Å². The van der Waals surface area contributed by atoms with Gasteiger partial charge in [-0.1, -0.05) is 46.4 Å². The van der Waals surface area contributed by atoms with Gasteiger partial charge in [-0.25, -0.2) is 0 Å². The van der Waals surface area contributed by atoms with Gasteiger partial charge in [0.05, 0.1) is 33.0 Å². The lowest BCUT2D eigenvalue weighted by molar-refractivity contribution is -0.116. The Labute approximate surface area is 164 Å². The van der Waals surface area contributed by atoms with Crippen LogP contribution in [0.15, 0.2) is 41.5 Å². The summed E-state index contributed by atoms with van der Waals surface area (Å²) in [5, 5.41) is 17.1. The van der Waals surface area contributed by atoms with Crippen molar-refractivity contribution in [3.8, 4) is 6.07 Å². The zero-order valence-electron chi connectivity index (χ0n) is 12.4. The summed E-state index contributed by atoms with van der Waals surface area (Å²) in [6.07, 6.45) is 1.16. The summed E-state index contributed by atoms with van der Waals surface area (Å²) in [5.74, 6) is -1.69. The highest BCUT2D eigenvalue weighted by Crippen LogP contribution is 2.26. The maximum atomic E-state index is 12.1. The van der Waals surface area contributed by atoms with Crippen LogP contribution in [-0.2, 0) is 4.79 Å². The van der Waals surface area contributed by atoms with Crippen LogP contribution in [-0.4, -0.2) is 12.1 Å². The van der Waals surface area contributed by atoms with E-state index in [-0.39, 0.29) is 0 Å². The first kappa shape index (κ1) is 19.4. The summed E-state index contributed by atoms with van der Waals surface area (Å²) in [4.78, 5) is 12.1. The summed E-state index contributed by atoms with van der Waals surface area (Å²) in [7, 11) is 0. The van der Waals surface area contributed by atoms with Crippen LogP contribution in [0.1, 0.15) is 0 Å². The standard InChI is InChI=1S/C16H10Cl4N4O/c17-10-1-3-13(19)15(5-10)24-22-8-9(7-21)16(25)23-11-2-4-12(18)14(20)6-11/h1-6,8-9,24H,(H,23,25)/b22-8-/t9-/m1/s1. The van der Waals surface area contributed by atoms with Crippen molar-refractivity contribution in [3.63, 3.8) is 0 Å². The highest BCUT2D eigenvalue weighted by Gasteiger charge is 2.16. The first-order valence-corrected chi connectivity index (χ1v) is 8.31. The molecule has 0 spiro atoms.